The van der Waals surface area contributed by atoms with E-state index in [2.05, 4.69) is 51.8 Å². The third-order valence-electron chi connectivity index (χ3n) is 7.27. The van der Waals surface area contributed by atoms with Gasteiger partial charge in [0.15, 0.2) is 0 Å². The Morgan fingerprint density at radius 2 is 1.97 bits per heavy atom. The highest BCUT2D eigenvalue weighted by atomic mass is 19.1. The lowest BCUT2D eigenvalue weighted by Gasteiger charge is -2.31. The minimum absolute atomic E-state index is 0.0679. The maximum Gasteiger partial charge on any atom is 0.259 e. The van der Waals surface area contributed by atoms with E-state index in [1.165, 1.54) is 36.2 Å². The van der Waals surface area contributed by atoms with Gasteiger partial charge in [0.1, 0.15) is 11.6 Å². The molecular formula is C29H34FN5O. The molecule has 0 aliphatic carbocycles. The lowest BCUT2D eigenvalue weighted by atomic mass is 9.87. The number of carbonyl (C=O) groups is 1. The van der Waals surface area contributed by atoms with Crippen molar-refractivity contribution in [1.29, 1.82) is 0 Å². The number of anilines is 3. The third-order valence-corrected chi connectivity index (χ3v) is 7.27. The number of hydrogen-bond donors (Lipinski definition) is 3. The fourth-order valence-electron chi connectivity index (χ4n) is 5.37. The summed E-state index contributed by atoms with van der Waals surface area (Å²) in [5.41, 5.74) is 4.78. The van der Waals surface area contributed by atoms with Crippen molar-refractivity contribution in [2.45, 2.75) is 51.1 Å². The van der Waals surface area contributed by atoms with Gasteiger partial charge in [-0.25, -0.2) is 9.37 Å². The van der Waals surface area contributed by atoms with Gasteiger partial charge >= 0.3 is 0 Å². The van der Waals surface area contributed by atoms with Crippen LogP contribution in [-0.4, -0.2) is 36.6 Å². The molecule has 0 spiro atoms. The highest BCUT2D eigenvalue weighted by Crippen LogP contribution is 2.44. The molecule has 2 aliphatic rings. The highest BCUT2D eigenvalue weighted by Gasteiger charge is 2.38. The molecule has 1 unspecified atom stereocenters. The van der Waals surface area contributed by atoms with Crippen LogP contribution in [0.2, 0.25) is 0 Å². The first kappa shape index (κ1) is 24.3. The summed E-state index contributed by atoms with van der Waals surface area (Å²) in [6, 6.07) is 16.6. The molecule has 188 valence electrons. The first-order chi connectivity index (χ1) is 17.4. The van der Waals surface area contributed by atoms with Crippen molar-refractivity contribution in [3.8, 4) is 0 Å². The number of benzene rings is 2. The van der Waals surface area contributed by atoms with Gasteiger partial charge in [0.2, 0.25) is 0 Å². The number of rotatable bonds is 6. The molecule has 2 aromatic carbocycles. The summed E-state index contributed by atoms with van der Waals surface area (Å²) >= 11 is 0. The predicted octanol–water partition coefficient (Wildman–Crippen LogP) is 5.32. The Balaban J connectivity index is 1.34. The number of fused-ring (bicyclic) bond motifs is 1. The van der Waals surface area contributed by atoms with E-state index in [4.69, 9.17) is 0 Å². The fraction of sp³-hybridized carbons (Fsp3) is 0.379. The molecule has 2 aliphatic heterocycles. The molecule has 1 fully saturated rings. The number of amides is 1. The maximum absolute atomic E-state index is 13.3. The second-order valence-corrected chi connectivity index (χ2v) is 10.4. The fourth-order valence-corrected chi connectivity index (χ4v) is 5.37. The van der Waals surface area contributed by atoms with E-state index in [1.807, 2.05) is 6.07 Å². The van der Waals surface area contributed by atoms with Gasteiger partial charge in [0, 0.05) is 42.1 Å². The Kier molecular flexibility index (Phi) is 6.92. The smallest absolute Gasteiger partial charge is 0.259 e. The van der Waals surface area contributed by atoms with Crippen molar-refractivity contribution in [1.82, 2.24) is 10.3 Å². The minimum Gasteiger partial charge on any atom is -0.367 e. The SMILES string of the molecule is CC1(C)CN(C2CCCNCC2)c2cc(NC(=O)c3cccnc3NCc3ccc(F)cc3)ccc21. The molecule has 1 saturated heterocycles. The van der Waals surface area contributed by atoms with Crippen molar-refractivity contribution in [3.63, 3.8) is 0 Å². The van der Waals surface area contributed by atoms with E-state index in [-0.39, 0.29) is 17.1 Å². The van der Waals surface area contributed by atoms with Crippen molar-refractivity contribution in [2.24, 2.45) is 0 Å². The van der Waals surface area contributed by atoms with Crippen LogP contribution < -0.4 is 20.9 Å². The molecule has 5 rings (SSSR count). The van der Waals surface area contributed by atoms with Gasteiger partial charge in [-0.2, -0.15) is 0 Å². The van der Waals surface area contributed by atoms with Crippen molar-refractivity contribution in [2.75, 3.05) is 35.2 Å². The summed E-state index contributed by atoms with van der Waals surface area (Å²) in [6.45, 7) is 8.16. The van der Waals surface area contributed by atoms with Crippen LogP contribution >= 0.6 is 0 Å². The summed E-state index contributed by atoms with van der Waals surface area (Å²) in [5, 5.41) is 9.82. The van der Waals surface area contributed by atoms with Crippen LogP contribution in [0.5, 0.6) is 0 Å². The molecule has 3 aromatic rings. The van der Waals surface area contributed by atoms with Crippen LogP contribution in [0.15, 0.2) is 60.8 Å². The number of pyridine rings is 1. The monoisotopic (exact) mass is 487 g/mol. The van der Waals surface area contributed by atoms with Crippen LogP contribution in [0, 0.1) is 5.82 Å². The zero-order valence-corrected chi connectivity index (χ0v) is 21.0. The molecule has 3 N–H and O–H groups in total. The second-order valence-electron chi connectivity index (χ2n) is 10.4. The molecule has 0 bridgehead atoms. The van der Waals surface area contributed by atoms with E-state index in [1.54, 1.807) is 30.5 Å². The summed E-state index contributed by atoms with van der Waals surface area (Å²) in [5.74, 6) is 0.00462. The second kappa shape index (κ2) is 10.3. The topological polar surface area (TPSA) is 69.3 Å². The Labute approximate surface area is 212 Å². The van der Waals surface area contributed by atoms with Gasteiger partial charge in [0.25, 0.3) is 5.91 Å². The summed E-state index contributed by atoms with van der Waals surface area (Å²) in [6.07, 6.45) is 5.14. The normalized spacial score (nSPS) is 18.9. The molecule has 0 radical (unpaired) electrons. The predicted molar refractivity (Wildman–Crippen MR) is 143 cm³/mol. The molecule has 1 amide bonds. The largest absolute Gasteiger partial charge is 0.367 e. The van der Waals surface area contributed by atoms with E-state index in [0.717, 1.165) is 37.3 Å². The van der Waals surface area contributed by atoms with Crippen LogP contribution in [0.1, 0.15) is 54.6 Å². The first-order valence-corrected chi connectivity index (χ1v) is 12.8. The van der Waals surface area contributed by atoms with Crippen LogP contribution in [0.4, 0.5) is 21.6 Å². The van der Waals surface area contributed by atoms with Crippen LogP contribution in [-0.2, 0) is 12.0 Å². The van der Waals surface area contributed by atoms with E-state index in [0.29, 0.717) is 24.0 Å². The Bertz CT molecular complexity index is 1220. The number of aromatic nitrogens is 1. The number of nitrogens with zero attached hydrogens (tertiary/aromatic N) is 2. The number of carbonyl (C=O) groups excluding carboxylic acids is 1. The standard InChI is InChI=1S/C29H34FN5O/c1-29(2)19-35(23-5-3-14-31-16-13-23)26-17-22(11-12-25(26)29)34-28(36)24-6-4-15-32-27(24)33-18-20-7-9-21(30)10-8-20/h4,6-12,15,17,23,31H,3,5,13-14,16,18-19H2,1-2H3,(H,32,33)(H,34,36). The maximum atomic E-state index is 13.3. The first-order valence-electron chi connectivity index (χ1n) is 12.8. The average Bonchev–Trinajstić information content (AvgIpc) is 3.02. The average molecular weight is 488 g/mol. The van der Waals surface area contributed by atoms with Crippen LogP contribution in [0.3, 0.4) is 0 Å². The Morgan fingerprint density at radius 3 is 2.81 bits per heavy atom. The Hall–Kier alpha value is -3.45. The van der Waals surface area contributed by atoms with E-state index < -0.39 is 0 Å². The quantitative estimate of drug-likeness (QED) is 0.439. The molecular weight excluding hydrogens is 453 g/mol. The number of hydrogen-bond acceptors (Lipinski definition) is 5. The van der Waals surface area contributed by atoms with Crippen LogP contribution in [0.25, 0.3) is 0 Å². The summed E-state index contributed by atoms with van der Waals surface area (Å²) in [4.78, 5) is 20.2. The molecule has 3 heterocycles. The number of nitrogens with one attached hydrogen (secondary N) is 3. The third kappa shape index (κ3) is 5.21. The van der Waals surface area contributed by atoms with Gasteiger partial charge in [-0.15, -0.1) is 0 Å². The summed E-state index contributed by atoms with van der Waals surface area (Å²) in [7, 11) is 0. The van der Waals surface area contributed by atoms with E-state index >= 15 is 0 Å². The zero-order valence-electron chi connectivity index (χ0n) is 21.0. The van der Waals surface area contributed by atoms with Crippen molar-refractivity contribution >= 4 is 23.1 Å². The van der Waals surface area contributed by atoms with Gasteiger partial charge in [0.05, 0.1) is 5.56 Å². The highest BCUT2D eigenvalue weighted by molar-refractivity contribution is 6.07. The Morgan fingerprint density at radius 1 is 1.14 bits per heavy atom. The van der Waals surface area contributed by atoms with Gasteiger partial charge in [-0.1, -0.05) is 32.0 Å². The summed E-state index contributed by atoms with van der Waals surface area (Å²) < 4.78 is 13.2. The zero-order chi connectivity index (χ0) is 25.1. The molecule has 1 atom stereocenters. The van der Waals surface area contributed by atoms with Gasteiger partial charge in [-0.3, -0.25) is 4.79 Å². The lowest BCUT2D eigenvalue weighted by molar-refractivity contribution is 0.102. The van der Waals surface area contributed by atoms with Crippen molar-refractivity contribution < 1.29 is 9.18 Å². The molecule has 6 nitrogen and oxygen atoms in total. The number of halogens is 1. The van der Waals surface area contributed by atoms with E-state index in [9.17, 15) is 9.18 Å². The molecule has 36 heavy (non-hydrogen) atoms. The van der Waals surface area contributed by atoms with Crippen molar-refractivity contribution in [3.05, 3.63) is 83.3 Å². The lowest BCUT2D eigenvalue weighted by Crippen LogP contribution is -2.38. The van der Waals surface area contributed by atoms with Gasteiger partial charge in [-0.05, 0) is 79.9 Å². The minimum atomic E-state index is -0.274. The molecule has 7 heteroatoms. The molecule has 0 saturated carbocycles. The molecule has 1 aromatic heterocycles. The van der Waals surface area contributed by atoms with Gasteiger partial charge < -0.3 is 20.9 Å².